The zero-order chi connectivity index (χ0) is 44.3. The van der Waals surface area contributed by atoms with Gasteiger partial charge in [0.05, 0.1) is 11.1 Å². The molecule has 0 bridgehead atoms. The highest BCUT2D eigenvalue weighted by molar-refractivity contribution is 5.97. The van der Waals surface area contributed by atoms with Crippen LogP contribution in [0.15, 0.2) is 176 Å². The maximum Gasteiger partial charge on any atom is 0.0714 e. The molecule has 0 spiro atoms. The number of rotatable bonds is 6. The molecule has 320 valence electrons. The first kappa shape index (κ1) is 40.1. The van der Waals surface area contributed by atoms with Crippen LogP contribution in [0.5, 0.6) is 0 Å². The van der Waals surface area contributed by atoms with E-state index in [2.05, 4.69) is 222 Å². The van der Waals surface area contributed by atoms with Crippen molar-refractivity contribution in [1.29, 1.82) is 0 Å². The van der Waals surface area contributed by atoms with Gasteiger partial charge < -0.3 is 4.90 Å². The normalized spacial score (nSPS) is 17.5. The maximum absolute atomic E-state index is 2.64. The second-order valence-corrected chi connectivity index (χ2v) is 21.4. The summed E-state index contributed by atoms with van der Waals surface area (Å²) in [6.07, 6.45) is 7.14. The first-order valence-electron chi connectivity index (χ1n) is 24.2. The van der Waals surface area contributed by atoms with E-state index in [4.69, 9.17) is 0 Å². The minimum Gasteiger partial charge on any atom is -0.310 e. The molecular weight excluding hydrogens is 783 g/mol. The standard InChI is InChI=1S/C64H59N/c1-61(2)35-36-62(3,4)59-38-44(30-34-56(59)61)52-40-53-50-26-16-18-28-55(50)64(45-21-9-7-10-22-45,46-23-11-8-12-24-46)58(53)41-60(52)65(47-31-29-42-19-13-14-20-43(42)37-47)48-32-33-51-49-25-15-17-27-54(49)63(5,6)57(51)39-48/h7-12,15-18,21-34,37-41H,13-14,19-20,35-36H2,1-6H3. The van der Waals surface area contributed by atoms with Crippen LogP contribution in [0.25, 0.3) is 33.4 Å². The van der Waals surface area contributed by atoms with E-state index in [0.717, 1.165) is 12.8 Å². The number of benzene rings is 8. The van der Waals surface area contributed by atoms with Gasteiger partial charge in [-0.1, -0.05) is 181 Å². The highest BCUT2D eigenvalue weighted by Crippen LogP contribution is 2.60. The second-order valence-electron chi connectivity index (χ2n) is 21.4. The molecular formula is C64H59N. The van der Waals surface area contributed by atoms with E-state index in [-0.39, 0.29) is 16.2 Å². The predicted molar refractivity (Wildman–Crippen MR) is 273 cm³/mol. The summed E-state index contributed by atoms with van der Waals surface area (Å²) >= 11 is 0. The molecule has 0 aromatic heterocycles. The SMILES string of the molecule is CC1(C)CCC(C)(C)c2cc(-c3cc4c(cc3N(c3ccc5c(c3)CCCC5)c3ccc5c(c3)C(C)(C)c3ccccc3-5)C(c3ccccc3)(c3ccccc3)c3ccccc3-4)ccc21. The Morgan fingerprint density at radius 1 is 0.369 bits per heavy atom. The quantitative estimate of drug-likeness (QED) is 0.161. The van der Waals surface area contributed by atoms with E-state index in [9.17, 15) is 0 Å². The van der Waals surface area contributed by atoms with Crippen molar-refractivity contribution in [2.45, 2.75) is 102 Å². The lowest BCUT2D eigenvalue weighted by molar-refractivity contribution is 0.332. The van der Waals surface area contributed by atoms with Gasteiger partial charge in [-0.3, -0.25) is 0 Å². The Hall–Kier alpha value is -6.44. The summed E-state index contributed by atoms with van der Waals surface area (Å²) in [6.45, 7) is 14.6. The van der Waals surface area contributed by atoms with Crippen LogP contribution in [-0.4, -0.2) is 0 Å². The monoisotopic (exact) mass is 841 g/mol. The van der Waals surface area contributed by atoms with Crippen LogP contribution in [0.3, 0.4) is 0 Å². The van der Waals surface area contributed by atoms with Gasteiger partial charge >= 0.3 is 0 Å². The van der Waals surface area contributed by atoms with Gasteiger partial charge in [-0.15, -0.1) is 0 Å². The Morgan fingerprint density at radius 3 is 1.65 bits per heavy atom. The van der Waals surface area contributed by atoms with Crippen LogP contribution in [-0.2, 0) is 34.5 Å². The molecule has 1 heteroatoms. The van der Waals surface area contributed by atoms with Gasteiger partial charge in [-0.25, -0.2) is 0 Å². The zero-order valence-corrected chi connectivity index (χ0v) is 38.9. The molecule has 0 fully saturated rings. The fourth-order valence-corrected chi connectivity index (χ4v) is 12.8. The minimum atomic E-state index is -0.535. The summed E-state index contributed by atoms with van der Waals surface area (Å²) < 4.78 is 0. The Labute approximate surface area is 386 Å². The average Bonchev–Trinajstić information content (AvgIpc) is 3.75. The first-order valence-corrected chi connectivity index (χ1v) is 24.2. The van der Waals surface area contributed by atoms with Crippen molar-refractivity contribution in [2.75, 3.05) is 4.90 Å². The van der Waals surface area contributed by atoms with Crippen molar-refractivity contribution in [1.82, 2.24) is 0 Å². The van der Waals surface area contributed by atoms with Crippen LogP contribution in [0.1, 0.15) is 123 Å². The molecule has 4 aliphatic carbocycles. The Balaban J connectivity index is 1.20. The molecule has 65 heavy (non-hydrogen) atoms. The molecule has 0 saturated heterocycles. The van der Waals surface area contributed by atoms with Crippen LogP contribution < -0.4 is 4.90 Å². The number of hydrogen-bond donors (Lipinski definition) is 0. The van der Waals surface area contributed by atoms with Crippen LogP contribution in [0.2, 0.25) is 0 Å². The van der Waals surface area contributed by atoms with Crippen LogP contribution in [0.4, 0.5) is 17.1 Å². The van der Waals surface area contributed by atoms with E-state index in [1.165, 1.54) is 132 Å². The number of aryl methyl sites for hydroxylation is 2. The molecule has 0 amide bonds. The molecule has 0 saturated carbocycles. The van der Waals surface area contributed by atoms with Crippen molar-refractivity contribution in [3.63, 3.8) is 0 Å². The zero-order valence-electron chi connectivity index (χ0n) is 38.9. The number of anilines is 3. The maximum atomic E-state index is 2.64. The van der Waals surface area contributed by atoms with Crippen molar-refractivity contribution < 1.29 is 0 Å². The first-order chi connectivity index (χ1) is 31.5. The lowest BCUT2D eigenvalue weighted by Crippen LogP contribution is -2.33. The number of hydrogen-bond acceptors (Lipinski definition) is 1. The third-order valence-electron chi connectivity index (χ3n) is 16.4. The number of nitrogens with zero attached hydrogens (tertiary/aromatic N) is 1. The molecule has 0 N–H and O–H groups in total. The minimum absolute atomic E-state index is 0.0683. The summed E-state index contributed by atoms with van der Waals surface area (Å²) in [5, 5.41) is 0. The molecule has 0 heterocycles. The van der Waals surface area contributed by atoms with E-state index in [1.54, 1.807) is 0 Å². The Morgan fingerprint density at radius 2 is 0.938 bits per heavy atom. The van der Waals surface area contributed by atoms with Gasteiger partial charge in [0.25, 0.3) is 0 Å². The lowest BCUT2D eigenvalue weighted by Gasteiger charge is -2.42. The molecule has 12 rings (SSSR count). The summed E-state index contributed by atoms with van der Waals surface area (Å²) in [7, 11) is 0. The van der Waals surface area contributed by atoms with Crippen LogP contribution >= 0.6 is 0 Å². The summed E-state index contributed by atoms with van der Waals surface area (Å²) in [5.41, 5.74) is 25.0. The van der Waals surface area contributed by atoms with E-state index < -0.39 is 5.41 Å². The largest absolute Gasteiger partial charge is 0.310 e. The molecule has 1 nitrogen and oxygen atoms in total. The van der Waals surface area contributed by atoms with Crippen molar-refractivity contribution in [2.24, 2.45) is 0 Å². The average molecular weight is 842 g/mol. The van der Waals surface area contributed by atoms with E-state index in [0.29, 0.717) is 0 Å². The fraction of sp³-hybridized carbons (Fsp3) is 0.250. The van der Waals surface area contributed by atoms with E-state index >= 15 is 0 Å². The Bertz CT molecular complexity index is 3140. The molecule has 0 radical (unpaired) electrons. The third kappa shape index (κ3) is 5.97. The second kappa shape index (κ2) is 14.5. The van der Waals surface area contributed by atoms with Crippen molar-refractivity contribution in [3.05, 3.63) is 232 Å². The summed E-state index contributed by atoms with van der Waals surface area (Å²) in [6, 6.07) is 68.3. The van der Waals surface area contributed by atoms with Crippen molar-refractivity contribution in [3.8, 4) is 33.4 Å². The van der Waals surface area contributed by atoms with Gasteiger partial charge in [0.15, 0.2) is 0 Å². The van der Waals surface area contributed by atoms with Gasteiger partial charge in [0.2, 0.25) is 0 Å². The molecule has 8 aromatic rings. The molecule has 0 aliphatic heterocycles. The van der Waals surface area contributed by atoms with Gasteiger partial charge in [0, 0.05) is 22.4 Å². The van der Waals surface area contributed by atoms with Gasteiger partial charge in [-0.05, 0) is 169 Å². The van der Waals surface area contributed by atoms with Crippen LogP contribution in [0, 0.1) is 0 Å². The van der Waals surface area contributed by atoms with E-state index in [1.807, 2.05) is 0 Å². The highest BCUT2D eigenvalue weighted by atomic mass is 15.1. The predicted octanol–water partition coefficient (Wildman–Crippen LogP) is 16.7. The highest BCUT2D eigenvalue weighted by Gasteiger charge is 2.47. The smallest absolute Gasteiger partial charge is 0.0714 e. The van der Waals surface area contributed by atoms with Gasteiger partial charge in [-0.2, -0.15) is 0 Å². The third-order valence-corrected chi connectivity index (χ3v) is 16.4. The summed E-state index contributed by atoms with van der Waals surface area (Å²) in [4.78, 5) is 2.64. The fourth-order valence-electron chi connectivity index (χ4n) is 12.8. The lowest BCUT2D eigenvalue weighted by atomic mass is 9.63. The molecule has 4 aliphatic rings. The molecule has 0 atom stereocenters. The number of fused-ring (bicyclic) bond motifs is 8. The van der Waals surface area contributed by atoms with Crippen molar-refractivity contribution >= 4 is 17.1 Å². The van der Waals surface area contributed by atoms with Gasteiger partial charge in [0.1, 0.15) is 0 Å². The molecule has 8 aromatic carbocycles. The Kier molecular flexibility index (Phi) is 8.97. The summed E-state index contributed by atoms with van der Waals surface area (Å²) in [5.74, 6) is 0. The topological polar surface area (TPSA) is 3.24 Å². The molecule has 0 unspecified atom stereocenters.